The van der Waals surface area contributed by atoms with E-state index in [4.69, 9.17) is 14.2 Å². The number of hydrogen-bond donors (Lipinski definition) is 3. The molecule has 3 saturated carbocycles. The van der Waals surface area contributed by atoms with Gasteiger partial charge in [0.15, 0.2) is 6.29 Å². The van der Waals surface area contributed by atoms with Crippen LogP contribution in [0, 0.1) is 52.3 Å². The molecule has 3 N–H and O–H groups in total. The van der Waals surface area contributed by atoms with Gasteiger partial charge in [0.1, 0.15) is 31.0 Å². The first kappa shape index (κ1) is 39.0. The van der Waals surface area contributed by atoms with Crippen LogP contribution in [0.1, 0.15) is 138 Å². The van der Waals surface area contributed by atoms with Crippen molar-refractivity contribution in [3.05, 3.63) is 23.8 Å². The van der Waals surface area contributed by atoms with Crippen molar-refractivity contribution >= 4 is 5.97 Å². The second-order valence-electron chi connectivity index (χ2n) is 17.7. The Kier molecular flexibility index (Phi) is 13.2. The van der Waals surface area contributed by atoms with Gasteiger partial charge in [-0.05, 0) is 110 Å². The first-order valence-electron chi connectivity index (χ1n) is 20.2. The summed E-state index contributed by atoms with van der Waals surface area (Å²) in [5, 5.41) is 32.1. The summed E-state index contributed by atoms with van der Waals surface area (Å²) < 4.78 is 17.8. The van der Waals surface area contributed by atoms with E-state index >= 15 is 0 Å². The molecule has 0 aromatic carbocycles. The Morgan fingerprint density at radius 3 is 2.43 bits per heavy atom. The SMILES string of the molecule is CCCCCCCC(=O)OCC1OC(OC2CCC3(C)C(=CCC4C3CCC3(C)C(C(C)/C=C/C(C)C(C)C)CCC43)C2)C(O)C(O)C1O. The van der Waals surface area contributed by atoms with Crippen LogP contribution < -0.4 is 0 Å². The summed E-state index contributed by atoms with van der Waals surface area (Å²) in [6.45, 7) is 16.5. The topological polar surface area (TPSA) is 105 Å². The van der Waals surface area contributed by atoms with Crippen LogP contribution in [0.3, 0.4) is 0 Å². The Hall–Kier alpha value is -1.25. The minimum Gasteiger partial charge on any atom is -0.463 e. The van der Waals surface area contributed by atoms with Crippen molar-refractivity contribution < 1.29 is 34.3 Å². The highest BCUT2D eigenvalue weighted by molar-refractivity contribution is 5.69. The third-order valence-corrected chi connectivity index (χ3v) is 14.4. The van der Waals surface area contributed by atoms with E-state index in [1.54, 1.807) is 0 Å². The van der Waals surface area contributed by atoms with Crippen molar-refractivity contribution in [2.24, 2.45) is 52.3 Å². The number of ether oxygens (including phenoxy) is 3. The van der Waals surface area contributed by atoms with Gasteiger partial charge in [0.2, 0.25) is 0 Å². The number of aliphatic hydroxyl groups is 3. The number of unbranched alkanes of at least 4 members (excludes halogenated alkanes) is 4. The van der Waals surface area contributed by atoms with Gasteiger partial charge in [-0.3, -0.25) is 4.79 Å². The van der Waals surface area contributed by atoms with Gasteiger partial charge in [0.25, 0.3) is 0 Å². The summed E-state index contributed by atoms with van der Waals surface area (Å²) in [7, 11) is 0. The summed E-state index contributed by atoms with van der Waals surface area (Å²) in [5.74, 6) is 4.55. The molecule has 14 atom stereocenters. The fourth-order valence-electron chi connectivity index (χ4n) is 10.8. The zero-order chi connectivity index (χ0) is 35.5. The number of hydrogen-bond acceptors (Lipinski definition) is 7. The number of fused-ring (bicyclic) bond motifs is 5. The van der Waals surface area contributed by atoms with Crippen LogP contribution >= 0.6 is 0 Å². The summed E-state index contributed by atoms with van der Waals surface area (Å²) in [6.07, 6.45) is 15.8. The number of rotatable bonds is 14. The molecule has 5 aliphatic rings. The lowest BCUT2D eigenvalue weighted by Gasteiger charge is -2.58. The number of esters is 1. The van der Waals surface area contributed by atoms with E-state index in [0.717, 1.165) is 75.5 Å². The van der Waals surface area contributed by atoms with E-state index in [2.05, 4.69) is 66.7 Å². The molecule has 0 spiro atoms. The number of carbonyl (C=O) groups excluding carboxylic acids is 1. The summed E-state index contributed by atoms with van der Waals surface area (Å²) in [4.78, 5) is 12.3. The third kappa shape index (κ3) is 8.37. The molecule has 4 fully saturated rings. The summed E-state index contributed by atoms with van der Waals surface area (Å²) in [6, 6.07) is 0. The average molecular weight is 687 g/mol. The van der Waals surface area contributed by atoms with Crippen LogP contribution in [0.5, 0.6) is 0 Å². The molecule has 7 heteroatoms. The minimum atomic E-state index is -1.44. The van der Waals surface area contributed by atoms with Crippen molar-refractivity contribution in [3.63, 3.8) is 0 Å². The maximum Gasteiger partial charge on any atom is 0.305 e. The molecule has 0 aromatic rings. The van der Waals surface area contributed by atoms with E-state index in [1.807, 2.05) is 0 Å². The Morgan fingerprint density at radius 2 is 1.69 bits per heavy atom. The molecule has 280 valence electrons. The molecule has 0 aromatic heterocycles. The van der Waals surface area contributed by atoms with Crippen molar-refractivity contribution in [3.8, 4) is 0 Å². The maximum absolute atomic E-state index is 12.3. The van der Waals surface area contributed by atoms with Crippen molar-refractivity contribution in [2.45, 2.75) is 175 Å². The van der Waals surface area contributed by atoms with Crippen LogP contribution in [0.4, 0.5) is 0 Å². The molecule has 1 saturated heterocycles. The summed E-state index contributed by atoms with van der Waals surface area (Å²) >= 11 is 0. The second kappa shape index (κ2) is 16.6. The number of allylic oxidation sites excluding steroid dienone is 3. The van der Waals surface area contributed by atoms with Gasteiger partial charge >= 0.3 is 5.97 Å². The van der Waals surface area contributed by atoms with E-state index in [1.165, 1.54) is 31.3 Å². The molecule has 0 bridgehead atoms. The largest absolute Gasteiger partial charge is 0.463 e. The molecule has 7 nitrogen and oxygen atoms in total. The highest BCUT2D eigenvalue weighted by Crippen LogP contribution is 2.67. The van der Waals surface area contributed by atoms with Crippen molar-refractivity contribution in [2.75, 3.05) is 6.61 Å². The van der Waals surface area contributed by atoms with Gasteiger partial charge in [-0.25, -0.2) is 0 Å². The Morgan fingerprint density at radius 1 is 0.939 bits per heavy atom. The number of aliphatic hydroxyl groups excluding tert-OH is 3. The molecular weight excluding hydrogens is 616 g/mol. The average Bonchev–Trinajstić information content (AvgIpc) is 3.44. The van der Waals surface area contributed by atoms with Crippen LogP contribution in [-0.4, -0.2) is 64.7 Å². The highest BCUT2D eigenvalue weighted by Gasteiger charge is 2.59. The number of carbonyl (C=O) groups is 1. The highest BCUT2D eigenvalue weighted by atomic mass is 16.7. The quantitative estimate of drug-likeness (QED) is 0.0963. The van der Waals surface area contributed by atoms with Crippen LogP contribution in [0.2, 0.25) is 0 Å². The second-order valence-corrected chi connectivity index (χ2v) is 17.7. The van der Waals surface area contributed by atoms with Gasteiger partial charge in [0, 0.05) is 6.42 Å². The molecule has 1 aliphatic heterocycles. The van der Waals surface area contributed by atoms with Gasteiger partial charge < -0.3 is 29.5 Å². The monoisotopic (exact) mass is 687 g/mol. The van der Waals surface area contributed by atoms with E-state index < -0.39 is 30.7 Å². The Labute approximate surface area is 297 Å². The zero-order valence-corrected chi connectivity index (χ0v) is 31.8. The van der Waals surface area contributed by atoms with Gasteiger partial charge in [-0.15, -0.1) is 0 Å². The van der Waals surface area contributed by atoms with Crippen LogP contribution in [0.25, 0.3) is 0 Å². The summed E-state index contributed by atoms with van der Waals surface area (Å²) in [5.41, 5.74) is 2.06. The van der Waals surface area contributed by atoms with Crippen LogP contribution in [-0.2, 0) is 19.0 Å². The third-order valence-electron chi connectivity index (χ3n) is 14.4. The van der Waals surface area contributed by atoms with Gasteiger partial charge in [0.05, 0.1) is 6.10 Å². The predicted molar refractivity (Wildman–Crippen MR) is 193 cm³/mol. The standard InChI is InChI=1S/C42H70O7/c1-8-9-10-11-12-13-36(43)47-25-35-37(44)38(45)39(46)40(49-35)48-30-20-22-41(6)29(24-30)16-17-31-33-19-18-32(42(33,7)23-21-34(31)41)28(5)15-14-27(4)26(2)3/h14-16,26-28,30-35,37-40,44-46H,8-13,17-25H2,1-7H3/b15-14+. The molecule has 1 heterocycles. The minimum absolute atomic E-state index is 0.144. The lowest BCUT2D eigenvalue weighted by Crippen LogP contribution is -2.60. The Balaban J connectivity index is 1.17. The van der Waals surface area contributed by atoms with E-state index in [0.29, 0.717) is 35.5 Å². The van der Waals surface area contributed by atoms with Crippen molar-refractivity contribution in [1.29, 1.82) is 0 Å². The maximum atomic E-state index is 12.3. The first-order chi connectivity index (χ1) is 23.3. The molecule has 0 radical (unpaired) electrons. The molecule has 5 rings (SSSR count). The van der Waals surface area contributed by atoms with E-state index in [-0.39, 0.29) is 24.1 Å². The fourth-order valence-corrected chi connectivity index (χ4v) is 10.8. The zero-order valence-electron chi connectivity index (χ0n) is 31.8. The smallest absolute Gasteiger partial charge is 0.305 e. The molecular formula is C42H70O7. The van der Waals surface area contributed by atoms with Gasteiger partial charge in [-0.2, -0.15) is 0 Å². The van der Waals surface area contributed by atoms with Gasteiger partial charge in [-0.1, -0.05) is 98.0 Å². The lowest BCUT2D eigenvalue weighted by molar-refractivity contribution is -0.313. The van der Waals surface area contributed by atoms with E-state index in [9.17, 15) is 20.1 Å². The molecule has 4 aliphatic carbocycles. The Bertz CT molecular complexity index is 1150. The van der Waals surface area contributed by atoms with Crippen molar-refractivity contribution in [1.82, 2.24) is 0 Å². The predicted octanol–water partition coefficient (Wildman–Crippen LogP) is 8.15. The first-order valence-corrected chi connectivity index (χ1v) is 20.2. The normalized spacial score (nSPS) is 41.9. The molecule has 49 heavy (non-hydrogen) atoms. The van der Waals surface area contributed by atoms with Crippen LogP contribution in [0.15, 0.2) is 23.8 Å². The molecule has 0 amide bonds. The fraction of sp³-hybridized carbons (Fsp3) is 0.881. The molecule has 14 unspecified atom stereocenters. The lowest BCUT2D eigenvalue weighted by atomic mass is 9.47.